The second-order valence-corrected chi connectivity index (χ2v) is 3.05. The number of rotatable bonds is 5. The molecule has 0 N–H and O–H groups in total. The van der Waals surface area contributed by atoms with Gasteiger partial charge in [-0.15, -0.1) is 0 Å². The molecule has 1 aromatic rings. The Bertz CT molecular complexity index is 296. The summed E-state index contributed by atoms with van der Waals surface area (Å²) in [6.07, 6.45) is 0.849. The van der Waals surface area contributed by atoms with E-state index in [9.17, 15) is 4.79 Å². The molecule has 0 aliphatic heterocycles. The molecule has 1 atom stereocenters. The average Bonchev–Trinajstić information content (AvgIpc) is 2.26. The van der Waals surface area contributed by atoms with E-state index in [1.807, 2.05) is 13.0 Å². The van der Waals surface area contributed by atoms with Crippen LogP contribution in [0, 0.1) is 0 Å². The van der Waals surface area contributed by atoms with Crippen LogP contribution in [0.4, 0.5) is 0 Å². The summed E-state index contributed by atoms with van der Waals surface area (Å²) in [7, 11) is 1.63. The second-order valence-electron chi connectivity index (χ2n) is 3.05. The number of hydrogen-bond acceptors (Lipinski definition) is 3. The second kappa shape index (κ2) is 5.40. The van der Waals surface area contributed by atoms with Crippen LogP contribution >= 0.6 is 0 Å². The van der Waals surface area contributed by atoms with E-state index < -0.39 is 0 Å². The van der Waals surface area contributed by atoms with E-state index in [4.69, 9.17) is 9.47 Å². The number of carbonyl (C=O) groups excluding carboxylic acids is 1. The molecule has 0 radical (unpaired) electrons. The molecule has 0 saturated carbocycles. The quantitative estimate of drug-likeness (QED) is 0.672. The summed E-state index contributed by atoms with van der Waals surface area (Å²) in [5.74, 6) is 0.693. The van der Waals surface area contributed by atoms with Crippen LogP contribution in [0.15, 0.2) is 24.3 Å². The SMILES string of the molecule is COC(C)COc1cccc(C=O)c1. The van der Waals surface area contributed by atoms with Crippen molar-refractivity contribution in [3.8, 4) is 5.75 Å². The zero-order valence-electron chi connectivity index (χ0n) is 8.40. The van der Waals surface area contributed by atoms with Gasteiger partial charge in [-0.1, -0.05) is 12.1 Å². The van der Waals surface area contributed by atoms with Crippen molar-refractivity contribution >= 4 is 6.29 Å². The summed E-state index contributed by atoms with van der Waals surface area (Å²) in [5.41, 5.74) is 0.618. The lowest BCUT2D eigenvalue weighted by Gasteiger charge is -2.11. The van der Waals surface area contributed by atoms with Crippen molar-refractivity contribution in [2.75, 3.05) is 13.7 Å². The average molecular weight is 194 g/mol. The summed E-state index contributed by atoms with van der Waals surface area (Å²) in [6, 6.07) is 7.04. The lowest BCUT2D eigenvalue weighted by Crippen LogP contribution is -2.15. The lowest BCUT2D eigenvalue weighted by molar-refractivity contribution is 0.0716. The fourth-order valence-electron chi connectivity index (χ4n) is 0.959. The Labute approximate surface area is 83.6 Å². The van der Waals surface area contributed by atoms with Gasteiger partial charge in [0.2, 0.25) is 0 Å². The van der Waals surface area contributed by atoms with E-state index >= 15 is 0 Å². The maximum atomic E-state index is 10.5. The van der Waals surface area contributed by atoms with Crippen molar-refractivity contribution in [1.29, 1.82) is 0 Å². The first-order valence-corrected chi connectivity index (χ1v) is 4.47. The minimum atomic E-state index is 0.0508. The maximum absolute atomic E-state index is 10.5. The van der Waals surface area contributed by atoms with Gasteiger partial charge < -0.3 is 9.47 Å². The number of hydrogen-bond donors (Lipinski definition) is 0. The van der Waals surface area contributed by atoms with Gasteiger partial charge in [0.15, 0.2) is 0 Å². The van der Waals surface area contributed by atoms with Crippen LogP contribution in [-0.2, 0) is 4.74 Å². The molecule has 0 aliphatic rings. The van der Waals surface area contributed by atoms with Crippen molar-refractivity contribution in [2.45, 2.75) is 13.0 Å². The number of aldehydes is 1. The molecule has 76 valence electrons. The largest absolute Gasteiger partial charge is 0.491 e. The van der Waals surface area contributed by atoms with E-state index in [0.29, 0.717) is 17.9 Å². The van der Waals surface area contributed by atoms with Gasteiger partial charge >= 0.3 is 0 Å². The van der Waals surface area contributed by atoms with Crippen LogP contribution in [0.1, 0.15) is 17.3 Å². The Morgan fingerprint density at radius 2 is 2.29 bits per heavy atom. The number of ether oxygens (including phenoxy) is 2. The highest BCUT2D eigenvalue weighted by atomic mass is 16.5. The van der Waals surface area contributed by atoms with Crippen LogP contribution < -0.4 is 4.74 Å². The molecule has 0 fully saturated rings. The highest BCUT2D eigenvalue weighted by Crippen LogP contribution is 2.12. The monoisotopic (exact) mass is 194 g/mol. The predicted molar refractivity (Wildman–Crippen MR) is 53.8 cm³/mol. The fourth-order valence-corrected chi connectivity index (χ4v) is 0.959. The van der Waals surface area contributed by atoms with Crippen LogP contribution in [-0.4, -0.2) is 26.1 Å². The Morgan fingerprint density at radius 1 is 1.50 bits per heavy atom. The Morgan fingerprint density at radius 3 is 2.93 bits per heavy atom. The first-order valence-electron chi connectivity index (χ1n) is 4.47. The lowest BCUT2D eigenvalue weighted by atomic mass is 10.2. The highest BCUT2D eigenvalue weighted by Gasteiger charge is 2.01. The van der Waals surface area contributed by atoms with Gasteiger partial charge in [0.05, 0.1) is 6.10 Å². The first kappa shape index (κ1) is 10.7. The van der Waals surface area contributed by atoms with Crippen molar-refractivity contribution in [3.63, 3.8) is 0 Å². The van der Waals surface area contributed by atoms with Gasteiger partial charge in [-0.05, 0) is 19.1 Å². The Balaban J connectivity index is 2.54. The Hall–Kier alpha value is -1.35. The number of carbonyl (C=O) groups is 1. The maximum Gasteiger partial charge on any atom is 0.150 e. The van der Waals surface area contributed by atoms with E-state index in [-0.39, 0.29) is 6.10 Å². The van der Waals surface area contributed by atoms with Gasteiger partial charge in [0, 0.05) is 12.7 Å². The third kappa shape index (κ3) is 3.18. The standard InChI is InChI=1S/C11H14O3/c1-9(13-2)8-14-11-5-3-4-10(6-11)7-12/h3-7,9H,8H2,1-2H3. The molecular formula is C11H14O3. The molecule has 0 spiro atoms. The summed E-state index contributed by atoms with van der Waals surface area (Å²) < 4.78 is 10.5. The molecule has 1 aromatic carbocycles. The van der Waals surface area contributed by atoms with Crippen molar-refractivity contribution in [2.24, 2.45) is 0 Å². The van der Waals surface area contributed by atoms with E-state index in [1.165, 1.54) is 0 Å². The van der Waals surface area contributed by atoms with Crippen molar-refractivity contribution in [1.82, 2.24) is 0 Å². The molecule has 0 heterocycles. The molecule has 0 aromatic heterocycles. The van der Waals surface area contributed by atoms with Gasteiger partial charge in [-0.25, -0.2) is 0 Å². The highest BCUT2D eigenvalue weighted by molar-refractivity contribution is 5.75. The van der Waals surface area contributed by atoms with E-state index in [1.54, 1.807) is 25.3 Å². The number of methoxy groups -OCH3 is 1. The zero-order chi connectivity index (χ0) is 10.4. The molecule has 1 rings (SSSR count). The van der Waals surface area contributed by atoms with E-state index in [2.05, 4.69) is 0 Å². The van der Waals surface area contributed by atoms with Crippen LogP contribution in [0.3, 0.4) is 0 Å². The van der Waals surface area contributed by atoms with Crippen LogP contribution in [0.5, 0.6) is 5.75 Å². The molecule has 0 saturated heterocycles. The van der Waals surface area contributed by atoms with Gasteiger partial charge in [0.25, 0.3) is 0 Å². The molecule has 3 nitrogen and oxygen atoms in total. The van der Waals surface area contributed by atoms with Crippen molar-refractivity contribution < 1.29 is 14.3 Å². The third-order valence-corrected chi connectivity index (χ3v) is 1.88. The first-order chi connectivity index (χ1) is 6.76. The summed E-state index contributed by atoms with van der Waals surface area (Å²) in [6.45, 7) is 2.41. The van der Waals surface area contributed by atoms with Gasteiger partial charge in [-0.3, -0.25) is 4.79 Å². The van der Waals surface area contributed by atoms with Gasteiger partial charge in [-0.2, -0.15) is 0 Å². The summed E-state index contributed by atoms with van der Waals surface area (Å²) in [4.78, 5) is 10.5. The summed E-state index contributed by atoms with van der Waals surface area (Å²) in [5, 5.41) is 0. The van der Waals surface area contributed by atoms with Crippen molar-refractivity contribution in [3.05, 3.63) is 29.8 Å². The Kier molecular flexibility index (Phi) is 4.13. The summed E-state index contributed by atoms with van der Waals surface area (Å²) >= 11 is 0. The molecular weight excluding hydrogens is 180 g/mol. The number of benzene rings is 1. The van der Waals surface area contributed by atoms with E-state index in [0.717, 1.165) is 6.29 Å². The normalized spacial score (nSPS) is 12.1. The fraction of sp³-hybridized carbons (Fsp3) is 0.364. The smallest absolute Gasteiger partial charge is 0.150 e. The molecule has 0 aliphatic carbocycles. The zero-order valence-corrected chi connectivity index (χ0v) is 8.40. The van der Waals surface area contributed by atoms with Crippen LogP contribution in [0.25, 0.3) is 0 Å². The topological polar surface area (TPSA) is 35.5 Å². The molecule has 1 unspecified atom stereocenters. The molecule has 3 heteroatoms. The molecule has 0 amide bonds. The third-order valence-electron chi connectivity index (χ3n) is 1.88. The minimum Gasteiger partial charge on any atom is -0.491 e. The molecule has 14 heavy (non-hydrogen) atoms. The van der Waals surface area contributed by atoms with Crippen LogP contribution in [0.2, 0.25) is 0 Å². The predicted octanol–water partition coefficient (Wildman–Crippen LogP) is 1.91. The van der Waals surface area contributed by atoms with Gasteiger partial charge in [0.1, 0.15) is 18.6 Å². The minimum absolute atomic E-state index is 0.0508. The molecule has 0 bridgehead atoms.